The van der Waals surface area contributed by atoms with Gasteiger partial charge in [0.05, 0.1) is 0 Å². The third-order valence-electron chi connectivity index (χ3n) is 3.02. The Bertz CT molecular complexity index is 770. The zero-order valence-corrected chi connectivity index (χ0v) is 13.6. The normalized spacial score (nSPS) is 12.9. The number of alkyl halides is 3. The number of carbonyl (C=O) groups is 1. The highest BCUT2D eigenvalue weighted by molar-refractivity contribution is 5.95. The molecule has 0 saturated carbocycles. The van der Waals surface area contributed by atoms with Gasteiger partial charge in [-0.2, -0.15) is 0 Å². The molecule has 5 N–H and O–H groups in total. The quantitative estimate of drug-likeness (QED) is 0.335. The first kappa shape index (κ1) is 20.9. The average Bonchev–Trinajstić information content (AvgIpc) is 2.55. The number of ether oxygens (including phenoxy) is 1. The first-order valence-corrected chi connectivity index (χ1v) is 7.08. The van der Waals surface area contributed by atoms with Crippen LogP contribution >= 0.6 is 0 Å². The smallest absolute Gasteiger partial charge is 0.403 e. The van der Waals surface area contributed by atoms with Crippen LogP contribution in [0.3, 0.4) is 0 Å². The van der Waals surface area contributed by atoms with E-state index in [1.807, 2.05) is 0 Å². The standard InChI is InChI=1S/C16H16F4N4O2/c1-9(6-21)4-13(23)11(7-22)8-24-15(25)10-2-3-14(12(17)5-10)26-16(18,19)20/h2-7,21-22H,8,23H2,1H3,(H,24,25)/b9-4-,13-11+,21-6?,22-7?. The lowest BCUT2D eigenvalue weighted by molar-refractivity contribution is -0.275. The van der Waals surface area contributed by atoms with Crippen molar-refractivity contribution in [3.05, 3.63) is 52.5 Å². The van der Waals surface area contributed by atoms with Crippen LogP contribution in [0, 0.1) is 16.6 Å². The van der Waals surface area contributed by atoms with Crippen LogP contribution in [-0.2, 0) is 0 Å². The van der Waals surface area contributed by atoms with E-state index in [0.29, 0.717) is 17.7 Å². The van der Waals surface area contributed by atoms with Gasteiger partial charge >= 0.3 is 6.36 Å². The van der Waals surface area contributed by atoms with Crippen LogP contribution in [-0.4, -0.2) is 31.2 Å². The Kier molecular flexibility index (Phi) is 7.06. The van der Waals surface area contributed by atoms with Crippen LogP contribution < -0.4 is 15.8 Å². The van der Waals surface area contributed by atoms with E-state index in [9.17, 15) is 22.4 Å². The molecule has 26 heavy (non-hydrogen) atoms. The summed E-state index contributed by atoms with van der Waals surface area (Å²) in [6, 6.07) is 2.26. The third-order valence-corrected chi connectivity index (χ3v) is 3.02. The largest absolute Gasteiger partial charge is 0.573 e. The van der Waals surface area contributed by atoms with Crippen LogP contribution in [0.1, 0.15) is 17.3 Å². The van der Waals surface area contributed by atoms with Crippen LogP contribution in [0.2, 0.25) is 0 Å². The molecule has 0 aliphatic carbocycles. The van der Waals surface area contributed by atoms with Gasteiger partial charge in [0.15, 0.2) is 11.6 Å². The van der Waals surface area contributed by atoms with Crippen molar-refractivity contribution < 1.29 is 27.1 Å². The molecule has 1 rings (SSSR count). The molecule has 6 nitrogen and oxygen atoms in total. The maximum atomic E-state index is 13.6. The lowest BCUT2D eigenvalue weighted by atomic mass is 10.1. The van der Waals surface area contributed by atoms with Crippen molar-refractivity contribution in [3.63, 3.8) is 0 Å². The van der Waals surface area contributed by atoms with Gasteiger partial charge in [-0.3, -0.25) is 4.79 Å². The highest BCUT2D eigenvalue weighted by atomic mass is 19.4. The summed E-state index contributed by atoms with van der Waals surface area (Å²) in [7, 11) is 0. The summed E-state index contributed by atoms with van der Waals surface area (Å²) in [6.45, 7) is 1.45. The molecule has 0 aliphatic rings. The summed E-state index contributed by atoms with van der Waals surface area (Å²) in [6.07, 6.45) is -1.65. The molecule has 0 fully saturated rings. The number of rotatable bonds is 7. The molecule has 10 heteroatoms. The second kappa shape index (κ2) is 8.79. The van der Waals surface area contributed by atoms with Crippen molar-refractivity contribution in [1.82, 2.24) is 5.32 Å². The predicted octanol–water partition coefficient (Wildman–Crippen LogP) is 2.91. The summed E-state index contributed by atoms with van der Waals surface area (Å²) in [4.78, 5) is 12.0. The maximum Gasteiger partial charge on any atom is 0.573 e. The van der Waals surface area contributed by atoms with Crippen molar-refractivity contribution in [2.75, 3.05) is 6.54 Å². The number of nitrogens with one attached hydrogen (secondary N) is 3. The molecule has 140 valence electrons. The highest BCUT2D eigenvalue weighted by Crippen LogP contribution is 2.26. The lowest BCUT2D eigenvalue weighted by Crippen LogP contribution is -2.27. The Morgan fingerprint density at radius 2 is 1.96 bits per heavy atom. The predicted molar refractivity (Wildman–Crippen MR) is 88.0 cm³/mol. The van der Waals surface area contributed by atoms with Gasteiger partial charge in [-0.05, 0) is 36.8 Å². The molecule has 0 saturated heterocycles. The molecular weight excluding hydrogens is 356 g/mol. The fraction of sp³-hybridized carbons (Fsp3) is 0.188. The second-order valence-corrected chi connectivity index (χ2v) is 5.03. The lowest BCUT2D eigenvalue weighted by Gasteiger charge is -2.11. The summed E-state index contributed by atoms with van der Waals surface area (Å²) < 4.78 is 53.4. The fourth-order valence-electron chi connectivity index (χ4n) is 1.74. The average molecular weight is 372 g/mol. The number of nitrogens with two attached hydrogens (primary N) is 1. The molecule has 0 heterocycles. The minimum atomic E-state index is -5.05. The van der Waals surface area contributed by atoms with Crippen molar-refractivity contribution in [2.24, 2.45) is 5.73 Å². The SMILES string of the molecule is C/C(C=N)=C/C(N)=C(/C=N)CNC(=O)c1ccc(OC(F)(F)F)c(F)c1. The summed E-state index contributed by atoms with van der Waals surface area (Å²) in [5.41, 5.74) is 6.43. The summed E-state index contributed by atoms with van der Waals surface area (Å²) in [5, 5.41) is 16.7. The molecule has 0 radical (unpaired) electrons. The number of halogens is 4. The Morgan fingerprint density at radius 3 is 2.46 bits per heavy atom. The minimum Gasteiger partial charge on any atom is -0.403 e. The van der Waals surface area contributed by atoms with E-state index in [4.69, 9.17) is 16.6 Å². The third kappa shape index (κ3) is 6.38. The zero-order chi connectivity index (χ0) is 19.9. The van der Waals surface area contributed by atoms with Crippen molar-refractivity contribution >= 4 is 18.3 Å². The Labute approximate surface area is 146 Å². The number of carbonyl (C=O) groups excluding carboxylic acids is 1. The molecule has 0 atom stereocenters. The minimum absolute atomic E-state index is 0.154. The van der Waals surface area contributed by atoms with E-state index in [0.717, 1.165) is 18.5 Å². The zero-order valence-electron chi connectivity index (χ0n) is 13.6. The first-order valence-electron chi connectivity index (χ1n) is 7.08. The number of allylic oxidation sites excluding steroid dienone is 2. The number of hydrogen-bond acceptors (Lipinski definition) is 5. The highest BCUT2D eigenvalue weighted by Gasteiger charge is 2.32. The number of hydrogen-bond donors (Lipinski definition) is 4. The van der Waals surface area contributed by atoms with E-state index in [-0.39, 0.29) is 23.4 Å². The van der Waals surface area contributed by atoms with Crippen molar-refractivity contribution in [2.45, 2.75) is 13.3 Å². The van der Waals surface area contributed by atoms with E-state index < -0.39 is 23.8 Å². The maximum absolute atomic E-state index is 13.6. The molecule has 0 aliphatic heterocycles. The van der Waals surface area contributed by atoms with Gasteiger partial charge in [0, 0.05) is 35.8 Å². The molecule has 1 amide bonds. The molecule has 0 bridgehead atoms. The van der Waals surface area contributed by atoms with Crippen LogP contribution in [0.25, 0.3) is 0 Å². The summed E-state index contributed by atoms with van der Waals surface area (Å²) >= 11 is 0. The molecule has 0 unspecified atom stereocenters. The first-order chi connectivity index (χ1) is 12.1. The van der Waals surface area contributed by atoms with E-state index in [1.165, 1.54) is 6.08 Å². The van der Waals surface area contributed by atoms with Gasteiger partial charge in [0.1, 0.15) is 0 Å². The van der Waals surface area contributed by atoms with Gasteiger partial charge in [-0.25, -0.2) is 4.39 Å². The molecular formula is C16H16F4N4O2. The van der Waals surface area contributed by atoms with Gasteiger partial charge in [-0.15, -0.1) is 13.2 Å². The monoisotopic (exact) mass is 372 g/mol. The molecule has 0 spiro atoms. The van der Waals surface area contributed by atoms with Crippen LogP contribution in [0.4, 0.5) is 17.6 Å². The fourth-order valence-corrected chi connectivity index (χ4v) is 1.74. The molecule has 1 aromatic rings. The van der Waals surface area contributed by atoms with Gasteiger partial charge < -0.3 is 26.6 Å². The van der Waals surface area contributed by atoms with E-state index in [2.05, 4.69) is 10.1 Å². The number of amides is 1. The Morgan fingerprint density at radius 1 is 1.31 bits per heavy atom. The Hall–Kier alpha value is -3.17. The topological polar surface area (TPSA) is 112 Å². The van der Waals surface area contributed by atoms with Gasteiger partial charge in [0.2, 0.25) is 0 Å². The van der Waals surface area contributed by atoms with E-state index >= 15 is 0 Å². The van der Waals surface area contributed by atoms with Crippen LogP contribution in [0.15, 0.2) is 41.1 Å². The van der Waals surface area contributed by atoms with Crippen molar-refractivity contribution in [1.29, 1.82) is 10.8 Å². The molecule has 1 aromatic carbocycles. The van der Waals surface area contributed by atoms with Gasteiger partial charge in [0.25, 0.3) is 5.91 Å². The second-order valence-electron chi connectivity index (χ2n) is 5.03. The molecule has 0 aromatic heterocycles. The summed E-state index contributed by atoms with van der Waals surface area (Å²) in [5.74, 6) is -3.17. The van der Waals surface area contributed by atoms with Crippen LogP contribution in [0.5, 0.6) is 5.75 Å². The Balaban J connectivity index is 2.88. The number of benzene rings is 1. The van der Waals surface area contributed by atoms with Gasteiger partial charge in [-0.1, -0.05) is 0 Å². The van der Waals surface area contributed by atoms with E-state index in [1.54, 1.807) is 6.92 Å². The van der Waals surface area contributed by atoms with Crippen molar-refractivity contribution in [3.8, 4) is 5.75 Å².